The summed E-state index contributed by atoms with van der Waals surface area (Å²) in [5.41, 5.74) is 1.21. The molecule has 1 rings (SSSR count). The third-order valence-electron chi connectivity index (χ3n) is 2.53. The Morgan fingerprint density at radius 1 is 1.22 bits per heavy atom. The highest BCUT2D eigenvalue weighted by Gasteiger charge is 2.25. The van der Waals surface area contributed by atoms with Crippen LogP contribution in [0.1, 0.15) is 38.8 Å². The molecule has 0 aromatic carbocycles. The molecule has 1 N–H and O–H groups in total. The molecule has 18 heavy (non-hydrogen) atoms. The number of halogens is 1. The van der Waals surface area contributed by atoms with Gasteiger partial charge in [-0.25, -0.2) is 0 Å². The third kappa shape index (κ3) is 4.63. The van der Waals surface area contributed by atoms with Gasteiger partial charge in [0.2, 0.25) is 0 Å². The highest BCUT2D eigenvalue weighted by molar-refractivity contribution is 9.10. The van der Waals surface area contributed by atoms with Crippen LogP contribution >= 0.6 is 27.3 Å². The van der Waals surface area contributed by atoms with Crippen molar-refractivity contribution < 1.29 is 9.47 Å². The Hall–Kier alpha value is 0.0600. The fraction of sp³-hybridized carbons (Fsp3) is 0.692. The Kier molecular flexibility index (Phi) is 8.10. The van der Waals surface area contributed by atoms with Crippen LogP contribution in [0.5, 0.6) is 0 Å². The Balaban J connectivity index is 2.84. The molecule has 104 valence electrons. The Morgan fingerprint density at radius 3 is 2.33 bits per heavy atom. The number of hydrogen-bond donors (Lipinski definition) is 1. The van der Waals surface area contributed by atoms with Crippen LogP contribution in [0.2, 0.25) is 0 Å². The molecule has 0 saturated carbocycles. The van der Waals surface area contributed by atoms with E-state index in [1.807, 2.05) is 13.8 Å². The Labute approximate surface area is 122 Å². The van der Waals surface area contributed by atoms with E-state index in [1.165, 1.54) is 5.56 Å². The lowest BCUT2D eigenvalue weighted by molar-refractivity contribution is -0.155. The van der Waals surface area contributed by atoms with Gasteiger partial charge in [-0.05, 0) is 53.7 Å². The topological polar surface area (TPSA) is 30.5 Å². The summed E-state index contributed by atoms with van der Waals surface area (Å²) in [6, 6.07) is 0.0745. The van der Waals surface area contributed by atoms with Crippen molar-refractivity contribution in [1.29, 1.82) is 0 Å². The smallest absolute Gasteiger partial charge is 0.176 e. The summed E-state index contributed by atoms with van der Waals surface area (Å²) in [6.07, 6.45) is 0.848. The minimum atomic E-state index is -0.238. The largest absolute Gasteiger partial charge is 0.351 e. The first kappa shape index (κ1) is 16.1. The highest BCUT2D eigenvalue weighted by Crippen LogP contribution is 2.30. The minimum Gasteiger partial charge on any atom is -0.351 e. The van der Waals surface area contributed by atoms with Crippen LogP contribution in [-0.2, 0) is 9.47 Å². The molecule has 0 bridgehead atoms. The fourth-order valence-electron chi connectivity index (χ4n) is 1.73. The van der Waals surface area contributed by atoms with E-state index >= 15 is 0 Å². The maximum atomic E-state index is 5.72. The molecule has 0 aliphatic rings. The van der Waals surface area contributed by atoms with Crippen LogP contribution in [0.25, 0.3) is 0 Å². The number of thiophene rings is 1. The van der Waals surface area contributed by atoms with Crippen molar-refractivity contribution in [3.8, 4) is 0 Å². The third-order valence-corrected chi connectivity index (χ3v) is 4.28. The molecule has 0 amide bonds. The Bertz CT molecular complexity index is 327. The van der Waals surface area contributed by atoms with Crippen molar-refractivity contribution in [1.82, 2.24) is 5.32 Å². The van der Waals surface area contributed by atoms with Gasteiger partial charge in [-0.15, -0.1) is 0 Å². The van der Waals surface area contributed by atoms with Crippen molar-refractivity contribution in [2.45, 2.75) is 39.5 Å². The monoisotopic (exact) mass is 335 g/mol. The van der Waals surface area contributed by atoms with Gasteiger partial charge in [0.15, 0.2) is 6.29 Å². The van der Waals surface area contributed by atoms with E-state index in [0.29, 0.717) is 13.2 Å². The Morgan fingerprint density at radius 2 is 1.89 bits per heavy atom. The summed E-state index contributed by atoms with van der Waals surface area (Å²) in [5.74, 6) is 0. The molecule has 1 aromatic rings. The first-order chi connectivity index (χ1) is 8.74. The van der Waals surface area contributed by atoms with Crippen molar-refractivity contribution in [2.75, 3.05) is 19.8 Å². The molecule has 5 heteroatoms. The van der Waals surface area contributed by atoms with E-state index in [2.05, 4.69) is 38.9 Å². The molecule has 0 aliphatic carbocycles. The zero-order chi connectivity index (χ0) is 13.4. The number of hydrogen-bond acceptors (Lipinski definition) is 4. The van der Waals surface area contributed by atoms with E-state index in [1.54, 1.807) is 11.3 Å². The van der Waals surface area contributed by atoms with Gasteiger partial charge in [0.25, 0.3) is 0 Å². The second-order valence-corrected chi connectivity index (χ2v) is 5.48. The van der Waals surface area contributed by atoms with Crippen molar-refractivity contribution in [3.63, 3.8) is 0 Å². The normalized spacial score (nSPS) is 13.2. The second kappa shape index (κ2) is 9.04. The second-order valence-electron chi connectivity index (χ2n) is 3.89. The summed E-state index contributed by atoms with van der Waals surface area (Å²) < 4.78 is 12.6. The quantitative estimate of drug-likeness (QED) is 0.693. The first-order valence-electron chi connectivity index (χ1n) is 6.42. The highest BCUT2D eigenvalue weighted by atomic mass is 79.9. The van der Waals surface area contributed by atoms with Crippen LogP contribution in [0.4, 0.5) is 0 Å². The summed E-state index contributed by atoms with van der Waals surface area (Å²) in [4.78, 5) is 0. The number of nitrogens with one attached hydrogen (secondary N) is 1. The molecule has 1 heterocycles. The van der Waals surface area contributed by atoms with Crippen molar-refractivity contribution >= 4 is 27.3 Å². The zero-order valence-electron chi connectivity index (χ0n) is 11.2. The number of ether oxygens (including phenoxy) is 2. The van der Waals surface area contributed by atoms with Gasteiger partial charge in [0.05, 0.1) is 6.04 Å². The molecule has 0 spiro atoms. The summed E-state index contributed by atoms with van der Waals surface area (Å²) in [6.45, 7) is 8.39. The molecule has 1 aromatic heterocycles. The lowest BCUT2D eigenvalue weighted by Gasteiger charge is -2.27. The first-order valence-corrected chi connectivity index (χ1v) is 8.16. The molecule has 0 fully saturated rings. The van der Waals surface area contributed by atoms with Gasteiger partial charge >= 0.3 is 0 Å². The van der Waals surface area contributed by atoms with E-state index < -0.39 is 0 Å². The molecular formula is C13H22BrNO2S. The SMILES string of the molecule is CCCNC(c1cscc1Br)C(OCC)OCC. The zero-order valence-corrected chi connectivity index (χ0v) is 13.6. The summed E-state index contributed by atoms with van der Waals surface area (Å²) in [7, 11) is 0. The number of rotatable bonds is 9. The van der Waals surface area contributed by atoms with Crippen molar-refractivity contribution in [2.24, 2.45) is 0 Å². The molecule has 1 atom stereocenters. The molecule has 0 radical (unpaired) electrons. The van der Waals surface area contributed by atoms with Gasteiger partial charge < -0.3 is 14.8 Å². The minimum absolute atomic E-state index is 0.0745. The maximum Gasteiger partial charge on any atom is 0.176 e. The predicted molar refractivity (Wildman–Crippen MR) is 80.1 cm³/mol. The molecule has 1 unspecified atom stereocenters. The predicted octanol–water partition coefficient (Wildman–Crippen LogP) is 3.95. The van der Waals surface area contributed by atoms with Crippen LogP contribution in [0, 0.1) is 0 Å². The van der Waals surface area contributed by atoms with Gasteiger partial charge in [-0.3, -0.25) is 0 Å². The lowest BCUT2D eigenvalue weighted by atomic mass is 10.1. The molecule has 0 aliphatic heterocycles. The average Bonchev–Trinajstić information content (AvgIpc) is 2.77. The van der Waals surface area contributed by atoms with E-state index in [4.69, 9.17) is 9.47 Å². The average molecular weight is 336 g/mol. The molecular weight excluding hydrogens is 314 g/mol. The van der Waals surface area contributed by atoms with Crippen LogP contribution in [0.3, 0.4) is 0 Å². The van der Waals surface area contributed by atoms with E-state index in [-0.39, 0.29) is 12.3 Å². The van der Waals surface area contributed by atoms with Crippen LogP contribution in [0.15, 0.2) is 15.2 Å². The fourth-order valence-corrected chi connectivity index (χ4v) is 3.32. The summed E-state index contributed by atoms with van der Waals surface area (Å²) in [5, 5.41) is 7.74. The summed E-state index contributed by atoms with van der Waals surface area (Å²) >= 11 is 5.27. The van der Waals surface area contributed by atoms with Gasteiger partial charge in [-0.2, -0.15) is 11.3 Å². The van der Waals surface area contributed by atoms with Gasteiger partial charge in [0.1, 0.15) is 0 Å². The molecule has 0 saturated heterocycles. The van der Waals surface area contributed by atoms with E-state index in [0.717, 1.165) is 17.4 Å². The van der Waals surface area contributed by atoms with E-state index in [9.17, 15) is 0 Å². The van der Waals surface area contributed by atoms with Crippen LogP contribution < -0.4 is 5.32 Å². The molecule has 3 nitrogen and oxygen atoms in total. The standard InChI is InChI=1S/C13H22BrNO2S/c1-4-7-15-12(10-8-18-9-11(10)14)13(16-5-2)17-6-3/h8-9,12-13,15H,4-7H2,1-3H3. The lowest BCUT2D eigenvalue weighted by Crippen LogP contribution is -2.36. The maximum absolute atomic E-state index is 5.72. The van der Waals surface area contributed by atoms with Crippen LogP contribution in [-0.4, -0.2) is 26.0 Å². The van der Waals surface area contributed by atoms with Gasteiger partial charge in [-0.1, -0.05) is 6.92 Å². The van der Waals surface area contributed by atoms with Gasteiger partial charge in [0, 0.05) is 23.1 Å². The van der Waals surface area contributed by atoms with Crippen molar-refractivity contribution in [3.05, 3.63) is 20.8 Å².